The van der Waals surface area contributed by atoms with E-state index in [0.717, 1.165) is 15.6 Å². The molecular formula is C11H13ClN4O3S2. The number of likely N-dealkylation sites (N-methyl/N-ethyl adjacent to an activating group) is 1. The molecule has 0 aliphatic rings. The lowest BCUT2D eigenvalue weighted by molar-refractivity contribution is -0.116. The highest BCUT2D eigenvalue weighted by atomic mass is 35.5. The molecule has 0 fully saturated rings. The van der Waals surface area contributed by atoms with Crippen LogP contribution in [0.4, 0.5) is 5.82 Å². The zero-order valence-corrected chi connectivity index (χ0v) is 13.7. The van der Waals surface area contributed by atoms with Gasteiger partial charge in [0.25, 0.3) is 10.0 Å². The summed E-state index contributed by atoms with van der Waals surface area (Å²) >= 11 is 6.68. The molecule has 2 rings (SSSR count). The molecule has 2 aromatic rings. The number of nitrogens with one attached hydrogen (secondary N) is 1. The van der Waals surface area contributed by atoms with E-state index in [-0.39, 0.29) is 10.8 Å². The fraction of sp³-hybridized carbons (Fsp3) is 0.273. The average molecular weight is 349 g/mol. The second kappa shape index (κ2) is 6.14. The Bertz CT molecular complexity index is 753. The molecule has 0 bridgehead atoms. The van der Waals surface area contributed by atoms with Gasteiger partial charge in [-0.25, -0.2) is 8.42 Å². The van der Waals surface area contributed by atoms with Gasteiger partial charge in [-0.2, -0.15) is 9.40 Å². The molecule has 0 unspecified atom stereocenters. The van der Waals surface area contributed by atoms with Gasteiger partial charge in [0.05, 0.1) is 10.9 Å². The third-order valence-electron chi connectivity index (χ3n) is 2.56. The van der Waals surface area contributed by atoms with E-state index >= 15 is 0 Å². The minimum Gasteiger partial charge on any atom is -0.308 e. The molecule has 0 saturated heterocycles. The van der Waals surface area contributed by atoms with Crippen LogP contribution in [-0.2, 0) is 21.9 Å². The van der Waals surface area contributed by atoms with E-state index in [0.29, 0.717) is 10.2 Å². The number of amides is 1. The van der Waals surface area contributed by atoms with Crippen LogP contribution >= 0.6 is 22.9 Å². The lowest BCUT2D eigenvalue weighted by Gasteiger charge is -2.15. The summed E-state index contributed by atoms with van der Waals surface area (Å²) < 4.78 is 27.4. The zero-order chi connectivity index (χ0) is 15.6. The van der Waals surface area contributed by atoms with Gasteiger partial charge in [-0.1, -0.05) is 11.6 Å². The smallest absolute Gasteiger partial charge is 0.252 e. The van der Waals surface area contributed by atoms with Crippen LogP contribution in [0.25, 0.3) is 0 Å². The minimum absolute atomic E-state index is 0.0978. The van der Waals surface area contributed by atoms with Crippen LogP contribution < -0.4 is 5.32 Å². The van der Waals surface area contributed by atoms with E-state index in [2.05, 4.69) is 10.4 Å². The van der Waals surface area contributed by atoms with Crippen molar-refractivity contribution in [3.63, 3.8) is 0 Å². The second-order valence-electron chi connectivity index (χ2n) is 4.24. The highest BCUT2D eigenvalue weighted by molar-refractivity contribution is 7.91. The first-order valence-electron chi connectivity index (χ1n) is 5.80. The highest BCUT2D eigenvalue weighted by Crippen LogP contribution is 2.27. The van der Waals surface area contributed by atoms with Crippen LogP contribution in [0.15, 0.2) is 28.6 Å². The van der Waals surface area contributed by atoms with Crippen molar-refractivity contribution in [2.24, 2.45) is 7.05 Å². The summed E-state index contributed by atoms with van der Waals surface area (Å²) in [7, 11) is -0.670. The molecule has 0 saturated carbocycles. The molecule has 1 N–H and O–H groups in total. The molecule has 0 spiro atoms. The van der Waals surface area contributed by atoms with E-state index in [1.807, 2.05) is 0 Å². The number of aryl methyl sites for hydroxylation is 1. The summed E-state index contributed by atoms with van der Waals surface area (Å²) in [5.74, 6) is -0.102. The first kappa shape index (κ1) is 16.0. The molecule has 2 aromatic heterocycles. The number of hydrogen-bond acceptors (Lipinski definition) is 5. The summed E-state index contributed by atoms with van der Waals surface area (Å²) in [4.78, 5) is 11.8. The van der Waals surface area contributed by atoms with E-state index in [1.165, 1.54) is 23.9 Å². The summed E-state index contributed by atoms with van der Waals surface area (Å²) in [6.45, 7) is -0.311. The fourth-order valence-corrected chi connectivity index (χ4v) is 4.36. The first-order chi connectivity index (χ1) is 9.79. The summed E-state index contributed by atoms with van der Waals surface area (Å²) in [5.41, 5.74) is 0. The van der Waals surface area contributed by atoms with Gasteiger partial charge in [0, 0.05) is 26.4 Å². The van der Waals surface area contributed by atoms with E-state index in [9.17, 15) is 13.2 Å². The molecule has 10 heteroatoms. The van der Waals surface area contributed by atoms with Crippen molar-refractivity contribution in [1.82, 2.24) is 14.1 Å². The standard InChI is InChI=1S/C11H13ClN4O3S2/c1-15-6-5-9(14-15)13-10(17)7-16(2)21(18,19)11-4-3-8(12)20-11/h3-6H,7H2,1-2H3,(H,13,14,17). The van der Waals surface area contributed by atoms with Crippen molar-refractivity contribution in [2.75, 3.05) is 18.9 Å². The van der Waals surface area contributed by atoms with Crippen LogP contribution in [0.1, 0.15) is 0 Å². The van der Waals surface area contributed by atoms with Gasteiger partial charge in [-0.05, 0) is 12.1 Å². The molecule has 0 aromatic carbocycles. The molecule has 0 radical (unpaired) electrons. The molecule has 1 amide bonds. The predicted octanol–water partition coefficient (Wildman–Crippen LogP) is 1.39. The molecule has 0 atom stereocenters. The van der Waals surface area contributed by atoms with Gasteiger partial charge in [0.2, 0.25) is 5.91 Å². The Morgan fingerprint density at radius 3 is 2.71 bits per heavy atom. The highest BCUT2D eigenvalue weighted by Gasteiger charge is 2.24. The van der Waals surface area contributed by atoms with Crippen LogP contribution in [0.5, 0.6) is 0 Å². The maximum absolute atomic E-state index is 12.2. The molecule has 21 heavy (non-hydrogen) atoms. The van der Waals surface area contributed by atoms with Gasteiger partial charge in [-0.15, -0.1) is 11.3 Å². The largest absolute Gasteiger partial charge is 0.308 e. The number of halogens is 1. The average Bonchev–Trinajstić information content (AvgIpc) is 2.98. The Balaban J connectivity index is 2.03. The van der Waals surface area contributed by atoms with Crippen molar-refractivity contribution < 1.29 is 13.2 Å². The third kappa shape index (κ3) is 3.82. The number of sulfonamides is 1. The van der Waals surface area contributed by atoms with Crippen LogP contribution in [-0.4, -0.2) is 42.0 Å². The van der Waals surface area contributed by atoms with Gasteiger partial charge in [-0.3, -0.25) is 9.48 Å². The van der Waals surface area contributed by atoms with Gasteiger partial charge in [0.15, 0.2) is 5.82 Å². The topological polar surface area (TPSA) is 84.3 Å². The lowest BCUT2D eigenvalue weighted by Crippen LogP contribution is -2.34. The maximum atomic E-state index is 12.2. The summed E-state index contributed by atoms with van der Waals surface area (Å²) in [6.07, 6.45) is 1.67. The molecular weight excluding hydrogens is 336 g/mol. The Labute approximate surface area is 131 Å². The van der Waals surface area contributed by atoms with Gasteiger partial charge in [0.1, 0.15) is 4.21 Å². The van der Waals surface area contributed by atoms with Crippen LogP contribution in [0.2, 0.25) is 4.34 Å². The Morgan fingerprint density at radius 1 is 1.48 bits per heavy atom. The SMILES string of the molecule is CN(CC(=O)Nc1ccn(C)n1)S(=O)(=O)c1ccc(Cl)s1. The van der Waals surface area contributed by atoms with E-state index in [4.69, 9.17) is 11.6 Å². The third-order valence-corrected chi connectivity index (χ3v) is 6.06. The first-order valence-corrected chi connectivity index (χ1v) is 8.43. The molecule has 0 aliphatic carbocycles. The number of aromatic nitrogens is 2. The zero-order valence-electron chi connectivity index (χ0n) is 11.3. The molecule has 7 nitrogen and oxygen atoms in total. The van der Waals surface area contributed by atoms with Crippen molar-refractivity contribution in [2.45, 2.75) is 4.21 Å². The van der Waals surface area contributed by atoms with E-state index < -0.39 is 15.9 Å². The van der Waals surface area contributed by atoms with Crippen molar-refractivity contribution >= 4 is 44.7 Å². The molecule has 0 aliphatic heterocycles. The maximum Gasteiger partial charge on any atom is 0.252 e. The number of nitrogens with zero attached hydrogens (tertiary/aromatic N) is 3. The van der Waals surface area contributed by atoms with Gasteiger partial charge < -0.3 is 5.32 Å². The predicted molar refractivity (Wildman–Crippen MR) is 81.0 cm³/mol. The van der Waals surface area contributed by atoms with Crippen molar-refractivity contribution in [3.05, 3.63) is 28.7 Å². The monoisotopic (exact) mass is 348 g/mol. The Hall–Kier alpha value is -1.42. The number of thiophene rings is 1. The summed E-state index contributed by atoms with van der Waals surface area (Å²) in [6, 6.07) is 4.53. The summed E-state index contributed by atoms with van der Waals surface area (Å²) in [5, 5.41) is 6.51. The second-order valence-corrected chi connectivity index (χ2v) is 8.23. The Kier molecular flexibility index (Phi) is 4.67. The number of carbonyl (C=O) groups excluding carboxylic acids is 1. The lowest BCUT2D eigenvalue weighted by atomic mass is 10.5. The molecule has 2 heterocycles. The van der Waals surface area contributed by atoms with Gasteiger partial charge >= 0.3 is 0 Å². The van der Waals surface area contributed by atoms with Crippen LogP contribution in [0, 0.1) is 0 Å². The molecule has 114 valence electrons. The minimum atomic E-state index is -3.72. The van der Waals surface area contributed by atoms with E-state index in [1.54, 1.807) is 19.3 Å². The number of hydrogen-bond donors (Lipinski definition) is 1. The number of anilines is 1. The number of rotatable bonds is 5. The van der Waals surface area contributed by atoms with Crippen molar-refractivity contribution in [1.29, 1.82) is 0 Å². The normalized spacial score (nSPS) is 11.8. The fourth-order valence-electron chi connectivity index (χ4n) is 1.54. The van der Waals surface area contributed by atoms with Crippen LogP contribution in [0.3, 0.4) is 0 Å². The quantitative estimate of drug-likeness (QED) is 0.885. The number of carbonyl (C=O) groups is 1. The Morgan fingerprint density at radius 2 is 2.19 bits per heavy atom. The van der Waals surface area contributed by atoms with Crippen molar-refractivity contribution in [3.8, 4) is 0 Å².